The lowest BCUT2D eigenvalue weighted by Crippen LogP contribution is -2.41. The summed E-state index contributed by atoms with van der Waals surface area (Å²) in [5, 5.41) is 8.81. The maximum Gasteiger partial charge on any atom is 0.303 e. The van der Waals surface area contributed by atoms with Crippen LogP contribution in [0.1, 0.15) is 44.9 Å². The Balaban J connectivity index is 1.34. The van der Waals surface area contributed by atoms with Crippen LogP contribution in [0, 0.1) is 35.5 Å². The number of hydrogen-bond acceptors (Lipinski definition) is 2. The highest BCUT2D eigenvalue weighted by Gasteiger charge is 2.68. The molecule has 0 radical (unpaired) electrons. The van der Waals surface area contributed by atoms with Crippen molar-refractivity contribution in [3.05, 3.63) is 0 Å². The van der Waals surface area contributed by atoms with Crippen LogP contribution in [0.3, 0.4) is 0 Å². The first-order chi connectivity index (χ1) is 10.1. The molecule has 4 nitrogen and oxygen atoms in total. The summed E-state index contributed by atoms with van der Waals surface area (Å²) >= 11 is 0. The Morgan fingerprint density at radius 2 is 1.81 bits per heavy atom. The topological polar surface area (TPSA) is 57.6 Å². The van der Waals surface area contributed by atoms with Gasteiger partial charge in [-0.05, 0) is 68.1 Å². The normalized spacial score (nSPS) is 43.7. The van der Waals surface area contributed by atoms with E-state index in [1.165, 1.54) is 19.3 Å². The van der Waals surface area contributed by atoms with Gasteiger partial charge in [0.1, 0.15) is 0 Å². The molecule has 0 spiro atoms. The zero-order valence-corrected chi connectivity index (χ0v) is 12.5. The Morgan fingerprint density at radius 1 is 1.10 bits per heavy atom. The van der Waals surface area contributed by atoms with Crippen LogP contribution in [0.15, 0.2) is 0 Å². The molecule has 2 bridgehead atoms. The van der Waals surface area contributed by atoms with E-state index in [1.807, 2.05) is 0 Å². The highest BCUT2D eigenvalue weighted by molar-refractivity contribution is 5.83. The molecule has 4 fully saturated rings. The maximum atomic E-state index is 12.8. The summed E-state index contributed by atoms with van der Waals surface area (Å²) < 4.78 is 0. The number of piperidine rings is 1. The molecular formula is C17H25NO3. The molecule has 4 aliphatic rings. The number of fused-ring (bicyclic) bond motifs is 5. The van der Waals surface area contributed by atoms with Crippen LogP contribution in [0.5, 0.6) is 0 Å². The number of aliphatic carboxylic acids is 1. The molecule has 1 aliphatic heterocycles. The van der Waals surface area contributed by atoms with Crippen LogP contribution in [-0.4, -0.2) is 35.0 Å². The molecule has 1 heterocycles. The second kappa shape index (κ2) is 4.99. The van der Waals surface area contributed by atoms with E-state index < -0.39 is 5.97 Å². The quantitative estimate of drug-likeness (QED) is 0.865. The Kier molecular flexibility index (Phi) is 3.23. The first-order valence-corrected chi connectivity index (χ1v) is 8.65. The fourth-order valence-corrected chi connectivity index (χ4v) is 5.69. The lowest BCUT2D eigenvalue weighted by atomic mass is 9.92. The van der Waals surface area contributed by atoms with Gasteiger partial charge in [0, 0.05) is 25.4 Å². The van der Waals surface area contributed by atoms with Crippen molar-refractivity contribution in [1.29, 1.82) is 0 Å². The van der Waals surface area contributed by atoms with Crippen molar-refractivity contribution in [1.82, 2.24) is 4.90 Å². The maximum absolute atomic E-state index is 12.8. The predicted octanol–water partition coefficient (Wildman–Crippen LogP) is 2.38. The highest BCUT2D eigenvalue weighted by atomic mass is 16.4. The molecule has 1 N–H and O–H groups in total. The molecule has 4 rings (SSSR count). The second-order valence-corrected chi connectivity index (χ2v) is 7.74. The number of carboxylic acid groups (broad SMARTS) is 1. The SMILES string of the molecule is O=C(O)CCC1CCCN(C(=O)C2C3C4CCC(C4)C23)C1. The van der Waals surface area contributed by atoms with Crippen LogP contribution in [0.2, 0.25) is 0 Å². The standard InChI is InChI=1S/C17H25NO3/c19-13(20)6-3-10-2-1-7-18(9-10)17(21)16-14-11-4-5-12(8-11)15(14)16/h10-12,14-16H,1-9H2,(H,19,20). The van der Waals surface area contributed by atoms with Crippen LogP contribution in [0.25, 0.3) is 0 Å². The van der Waals surface area contributed by atoms with Crippen molar-refractivity contribution in [2.45, 2.75) is 44.9 Å². The largest absolute Gasteiger partial charge is 0.481 e. The third-order valence-corrected chi connectivity index (χ3v) is 6.62. The zero-order valence-electron chi connectivity index (χ0n) is 12.5. The minimum atomic E-state index is -0.716. The Labute approximate surface area is 125 Å². The van der Waals surface area contributed by atoms with Gasteiger partial charge in [-0.2, -0.15) is 0 Å². The van der Waals surface area contributed by atoms with Crippen molar-refractivity contribution in [2.24, 2.45) is 35.5 Å². The van der Waals surface area contributed by atoms with E-state index in [9.17, 15) is 9.59 Å². The zero-order chi connectivity index (χ0) is 14.6. The molecule has 116 valence electrons. The Morgan fingerprint density at radius 3 is 2.48 bits per heavy atom. The van der Waals surface area contributed by atoms with Gasteiger partial charge in [0.25, 0.3) is 0 Å². The van der Waals surface area contributed by atoms with Gasteiger partial charge in [0.2, 0.25) is 5.91 Å². The van der Waals surface area contributed by atoms with Gasteiger partial charge in [-0.15, -0.1) is 0 Å². The molecule has 0 aromatic heterocycles. The smallest absolute Gasteiger partial charge is 0.303 e. The van der Waals surface area contributed by atoms with Gasteiger partial charge in [-0.25, -0.2) is 0 Å². The lowest BCUT2D eigenvalue weighted by molar-refractivity contribution is -0.137. The fourth-order valence-electron chi connectivity index (χ4n) is 5.69. The van der Waals surface area contributed by atoms with Gasteiger partial charge < -0.3 is 10.0 Å². The van der Waals surface area contributed by atoms with Crippen molar-refractivity contribution < 1.29 is 14.7 Å². The molecule has 0 aromatic rings. The molecule has 5 atom stereocenters. The average molecular weight is 291 g/mol. The summed E-state index contributed by atoms with van der Waals surface area (Å²) in [4.78, 5) is 25.6. The number of amides is 1. The van der Waals surface area contributed by atoms with E-state index in [0.29, 0.717) is 17.7 Å². The molecule has 4 heteroatoms. The third kappa shape index (κ3) is 2.27. The number of carbonyl (C=O) groups is 2. The summed E-state index contributed by atoms with van der Waals surface area (Å²) in [7, 11) is 0. The highest BCUT2D eigenvalue weighted by Crippen LogP contribution is 2.69. The summed E-state index contributed by atoms with van der Waals surface area (Å²) in [5.41, 5.74) is 0. The number of nitrogens with zero attached hydrogens (tertiary/aromatic N) is 1. The molecular weight excluding hydrogens is 266 g/mol. The monoisotopic (exact) mass is 291 g/mol. The first-order valence-electron chi connectivity index (χ1n) is 8.65. The number of hydrogen-bond donors (Lipinski definition) is 1. The number of carboxylic acids is 1. The van der Waals surface area contributed by atoms with Crippen molar-refractivity contribution in [3.63, 3.8) is 0 Å². The van der Waals surface area contributed by atoms with Crippen molar-refractivity contribution in [2.75, 3.05) is 13.1 Å². The van der Waals surface area contributed by atoms with Crippen LogP contribution in [0.4, 0.5) is 0 Å². The van der Waals surface area contributed by atoms with E-state index in [-0.39, 0.29) is 6.42 Å². The number of likely N-dealkylation sites (tertiary alicyclic amines) is 1. The molecule has 1 saturated heterocycles. The summed E-state index contributed by atoms with van der Waals surface area (Å²) in [6.45, 7) is 1.70. The van der Waals surface area contributed by atoms with Gasteiger partial charge in [0.05, 0.1) is 0 Å². The van der Waals surface area contributed by atoms with Gasteiger partial charge in [-0.3, -0.25) is 9.59 Å². The first kappa shape index (κ1) is 13.6. The van der Waals surface area contributed by atoms with E-state index in [2.05, 4.69) is 4.90 Å². The molecule has 0 aromatic carbocycles. The molecule has 3 aliphatic carbocycles. The van der Waals surface area contributed by atoms with E-state index >= 15 is 0 Å². The minimum absolute atomic E-state index is 0.242. The number of carbonyl (C=O) groups excluding carboxylic acids is 1. The lowest BCUT2D eigenvalue weighted by Gasteiger charge is -2.33. The van der Waals surface area contributed by atoms with Gasteiger partial charge in [-0.1, -0.05) is 0 Å². The predicted molar refractivity (Wildman–Crippen MR) is 77.5 cm³/mol. The molecule has 1 amide bonds. The van der Waals surface area contributed by atoms with Crippen LogP contribution >= 0.6 is 0 Å². The summed E-state index contributed by atoms with van der Waals surface area (Å²) in [5.74, 6) is 3.56. The van der Waals surface area contributed by atoms with Crippen molar-refractivity contribution >= 4 is 11.9 Å². The Hall–Kier alpha value is -1.06. The number of rotatable bonds is 4. The molecule has 21 heavy (non-hydrogen) atoms. The Bertz CT molecular complexity index is 447. The van der Waals surface area contributed by atoms with Crippen LogP contribution < -0.4 is 0 Å². The van der Waals surface area contributed by atoms with Gasteiger partial charge in [0.15, 0.2) is 0 Å². The van der Waals surface area contributed by atoms with E-state index in [0.717, 1.165) is 56.0 Å². The van der Waals surface area contributed by atoms with Gasteiger partial charge >= 0.3 is 5.97 Å². The fraction of sp³-hybridized carbons (Fsp3) is 0.882. The third-order valence-electron chi connectivity index (χ3n) is 6.62. The average Bonchev–Trinajstić information content (AvgIpc) is 2.91. The van der Waals surface area contributed by atoms with Crippen LogP contribution in [-0.2, 0) is 9.59 Å². The van der Waals surface area contributed by atoms with Crippen molar-refractivity contribution in [3.8, 4) is 0 Å². The molecule has 5 unspecified atom stereocenters. The minimum Gasteiger partial charge on any atom is -0.481 e. The molecule has 3 saturated carbocycles. The second-order valence-electron chi connectivity index (χ2n) is 7.74. The summed E-state index contributed by atoms with van der Waals surface area (Å²) in [6, 6.07) is 0. The van der Waals surface area contributed by atoms with E-state index in [4.69, 9.17) is 5.11 Å². The van der Waals surface area contributed by atoms with E-state index in [1.54, 1.807) is 0 Å². The summed E-state index contributed by atoms with van der Waals surface area (Å²) in [6.07, 6.45) is 7.20.